The molecule has 0 bridgehead atoms. The zero-order valence-electron chi connectivity index (χ0n) is 22.0. The minimum Gasteiger partial charge on any atom is -0.457 e. The summed E-state index contributed by atoms with van der Waals surface area (Å²) in [4.78, 5) is 55.9. The van der Waals surface area contributed by atoms with Crippen LogP contribution in [-0.4, -0.2) is 51.7 Å². The van der Waals surface area contributed by atoms with Crippen molar-refractivity contribution in [3.8, 4) is 0 Å². The Balaban J connectivity index is 1.68. The van der Waals surface area contributed by atoms with E-state index in [1.54, 1.807) is 26.2 Å². The quantitative estimate of drug-likeness (QED) is 0.332. The van der Waals surface area contributed by atoms with Gasteiger partial charge in [-0.15, -0.1) is 11.8 Å². The fraction of sp³-hybridized carbons (Fsp3) is 0.333. The molecule has 202 valence electrons. The maximum absolute atomic E-state index is 14.5. The summed E-state index contributed by atoms with van der Waals surface area (Å²) in [5.74, 6) is -2.45. The van der Waals surface area contributed by atoms with Crippen LogP contribution in [-0.2, 0) is 28.7 Å². The average molecular weight is 547 g/mol. The Kier molecular flexibility index (Phi) is 7.11. The summed E-state index contributed by atoms with van der Waals surface area (Å²) >= 11 is 1.38. The van der Waals surface area contributed by atoms with Crippen molar-refractivity contribution in [3.63, 3.8) is 0 Å². The molecular formula is C30H30N2O6S. The Labute approximate surface area is 231 Å². The van der Waals surface area contributed by atoms with E-state index in [0.717, 1.165) is 11.1 Å². The van der Waals surface area contributed by atoms with Crippen molar-refractivity contribution in [1.82, 2.24) is 10.2 Å². The third kappa shape index (κ3) is 4.98. The molecule has 8 nitrogen and oxygen atoms in total. The van der Waals surface area contributed by atoms with Gasteiger partial charge < -0.3 is 19.7 Å². The molecule has 2 amide bonds. The normalized spacial score (nSPS) is 23.6. The summed E-state index contributed by atoms with van der Waals surface area (Å²) in [6, 6.07) is 18.5. The molecule has 1 N–H and O–H groups in total. The number of thioether (sulfide) groups is 1. The average Bonchev–Trinajstić information content (AvgIpc) is 3.31. The van der Waals surface area contributed by atoms with Gasteiger partial charge in [0.2, 0.25) is 11.8 Å². The standard InChI is InChI=1S/C30H30N2O6S/c1-29(2,3)38-27(35)24(21-14-16-31-26(21)34)30(15-17-39-23-18-22(33)32(23)30)28(36)37-25(19-10-6-4-7-11-19)20-12-8-5-9-13-20/h4-13,15,17,23,25H,14,16,18H2,1-3H3,(H,31,34)/b24-21+/t23-,30-/m0/s1. The van der Waals surface area contributed by atoms with Gasteiger partial charge in [-0.05, 0) is 49.8 Å². The maximum Gasteiger partial charge on any atom is 0.342 e. The monoisotopic (exact) mass is 546 g/mol. The van der Waals surface area contributed by atoms with Gasteiger partial charge in [0.25, 0.3) is 0 Å². The van der Waals surface area contributed by atoms with Crippen LogP contribution < -0.4 is 5.32 Å². The van der Waals surface area contributed by atoms with E-state index in [1.807, 2.05) is 60.7 Å². The molecule has 2 aromatic rings. The van der Waals surface area contributed by atoms with Gasteiger partial charge in [0.05, 0.1) is 17.4 Å². The van der Waals surface area contributed by atoms with Gasteiger partial charge >= 0.3 is 11.9 Å². The van der Waals surface area contributed by atoms with Crippen molar-refractivity contribution in [2.75, 3.05) is 6.54 Å². The van der Waals surface area contributed by atoms with Crippen molar-refractivity contribution in [1.29, 1.82) is 0 Å². The molecule has 2 fully saturated rings. The number of hydrogen-bond donors (Lipinski definition) is 1. The highest BCUT2D eigenvalue weighted by atomic mass is 32.2. The summed E-state index contributed by atoms with van der Waals surface area (Å²) in [5.41, 5.74) is -1.49. The first-order chi connectivity index (χ1) is 18.6. The van der Waals surface area contributed by atoms with E-state index in [-0.39, 0.29) is 35.3 Å². The van der Waals surface area contributed by atoms with Crippen LogP contribution in [0.4, 0.5) is 0 Å². The van der Waals surface area contributed by atoms with Crippen LogP contribution >= 0.6 is 11.8 Å². The molecule has 0 unspecified atom stereocenters. The van der Waals surface area contributed by atoms with Crippen LogP contribution in [0.15, 0.2) is 83.3 Å². The van der Waals surface area contributed by atoms with Crippen LogP contribution in [0.3, 0.4) is 0 Å². The van der Waals surface area contributed by atoms with E-state index in [2.05, 4.69) is 5.32 Å². The molecule has 0 aliphatic carbocycles. The Morgan fingerprint density at radius 2 is 1.64 bits per heavy atom. The number of hydrogen-bond acceptors (Lipinski definition) is 7. The number of esters is 2. The lowest BCUT2D eigenvalue weighted by Gasteiger charge is -2.52. The minimum absolute atomic E-state index is 0.118. The second-order valence-corrected chi connectivity index (χ2v) is 11.7. The Morgan fingerprint density at radius 3 is 2.15 bits per heavy atom. The van der Waals surface area contributed by atoms with Crippen molar-refractivity contribution >= 4 is 35.5 Å². The fourth-order valence-electron chi connectivity index (χ4n) is 5.08. The number of ether oxygens (including phenoxy) is 2. The molecule has 2 atom stereocenters. The Morgan fingerprint density at radius 1 is 1.03 bits per heavy atom. The van der Waals surface area contributed by atoms with Gasteiger partial charge in [-0.1, -0.05) is 60.7 Å². The van der Waals surface area contributed by atoms with Gasteiger partial charge in [0.1, 0.15) is 5.60 Å². The molecule has 0 saturated carbocycles. The molecule has 9 heteroatoms. The van der Waals surface area contributed by atoms with Crippen LogP contribution in [0.25, 0.3) is 0 Å². The van der Waals surface area contributed by atoms with Crippen molar-refractivity contribution in [3.05, 3.63) is 94.4 Å². The van der Waals surface area contributed by atoms with Crippen LogP contribution in [0.5, 0.6) is 0 Å². The van der Waals surface area contributed by atoms with E-state index < -0.39 is 35.1 Å². The van der Waals surface area contributed by atoms with Crippen molar-refractivity contribution in [2.24, 2.45) is 0 Å². The molecule has 3 aliphatic heterocycles. The molecule has 2 saturated heterocycles. The molecule has 5 rings (SSSR count). The summed E-state index contributed by atoms with van der Waals surface area (Å²) < 4.78 is 12.0. The highest BCUT2D eigenvalue weighted by molar-refractivity contribution is 8.02. The summed E-state index contributed by atoms with van der Waals surface area (Å²) in [6.45, 7) is 5.42. The minimum atomic E-state index is -1.97. The number of carbonyl (C=O) groups is 4. The second-order valence-electron chi connectivity index (χ2n) is 10.6. The third-order valence-corrected chi connectivity index (χ3v) is 7.78. The Hall–Kier alpha value is -3.85. The number of fused-ring (bicyclic) bond motifs is 1. The smallest absolute Gasteiger partial charge is 0.342 e. The molecule has 0 spiro atoms. The van der Waals surface area contributed by atoms with E-state index in [1.165, 1.54) is 22.7 Å². The van der Waals surface area contributed by atoms with Gasteiger partial charge in [0.15, 0.2) is 11.6 Å². The summed E-state index contributed by atoms with van der Waals surface area (Å²) in [7, 11) is 0. The molecule has 2 aromatic carbocycles. The lowest BCUT2D eigenvalue weighted by molar-refractivity contribution is -0.171. The number of benzene rings is 2. The molecule has 0 aromatic heterocycles. The number of nitrogens with one attached hydrogen (secondary N) is 1. The van der Waals surface area contributed by atoms with Crippen LogP contribution in [0.1, 0.15) is 50.8 Å². The maximum atomic E-state index is 14.5. The van der Waals surface area contributed by atoms with E-state index in [9.17, 15) is 19.2 Å². The SMILES string of the molecule is CC(C)(C)OC(=O)/C(=C1/CCNC1=O)[C@]1(C(=O)OC(c2ccccc2)c2ccccc2)C=CS[C@H]2CC(=O)N21. The zero-order chi connectivity index (χ0) is 27.8. The number of rotatable bonds is 6. The van der Waals surface area contributed by atoms with E-state index in [0.29, 0.717) is 6.54 Å². The largest absolute Gasteiger partial charge is 0.457 e. The van der Waals surface area contributed by atoms with Crippen molar-refractivity contribution < 1.29 is 28.7 Å². The zero-order valence-corrected chi connectivity index (χ0v) is 22.8. The number of β-lactam (4-membered cyclic amide) rings is 1. The number of carbonyl (C=O) groups excluding carboxylic acids is 4. The fourth-order valence-corrected chi connectivity index (χ4v) is 6.18. The summed E-state index contributed by atoms with van der Waals surface area (Å²) in [5, 5.41) is 4.04. The predicted octanol–water partition coefficient (Wildman–Crippen LogP) is 4.04. The molecule has 39 heavy (non-hydrogen) atoms. The lowest BCUT2D eigenvalue weighted by atomic mass is 9.80. The van der Waals surface area contributed by atoms with Gasteiger partial charge in [-0.2, -0.15) is 0 Å². The van der Waals surface area contributed by atoms with Crippen molar-refractivity contribution in [2.45, 2.75) is 56.2 Å². The number of nitrogens with zero attached hydrogens (tertiary/aromatic N) is 1. The molecular weight excluding hydrogens is 516 g/mol. The highest BCUT2D eigenvalue weighted by Crippen LogP contribution is 2.48. The summed E-state index contributed by atoms with van der Waals surface area (Å²) in [6.07, 6.45) is 1.08. The lowest BCUT2D eigenvalue weighted by Crippen LogP contribution is -2.69. The molecule has 3 aliphatic rings. The topological polar surface area (TPSA) is 102 Å². The predicted molar refractivity (Wildman–Crippen MR) is 146 cm³/mol. The van der Waals surface area contributed by atoms with Crippen LogP contribution in [0.2, 0.25) is 0 Å². The highest BCUT2D eigenvalue weighted by Gasteiger charge is 2.62. The van der Waals surface area contributed by atoms with Crippen LogP contribution in [0, 0.1) is 0 Å². The van der Waals surface area contributed by atoms with E-state index >= 15 is 0 Å². The van der Waals surface area contributed by atoms with Gasteiger partial charge in [0, 0.05) is 12.1 Å². The third-order valence-electron chi connectivity index (χ3n) is 6.79. The van der Waals surface area contributed by atoms with Gasteiger partial charge in [-0.25, -0.2) is 9.59 Å². The molecule has 3 heterocycles. The Bertz CT molecular complexity index is 1330. The van der Waals surface area contributed by atoms with E-state index in [4.69, 9.17) is 9.47 Å². The second kappa shape index (κ2) is 10.4. The first kappa shape index (κ1) is 26.7. The number of amides is 2. The molecule has 0 radical (unpaired) electrons. The van der Waals surface area contributed by atoms with Gasteiger partial charge in [-0.3, -0.25) is 9.59 Å². The first-order valence-electron chi connectivity index (χ1n) is 12.8. The first-order valence-corrected chi connectivity index (χ1v) is 13.8.